The van der Waals surface area contributed by atoms with Gasteiger partial charge in [-0.15, -0.1) is 0 Å². The molecule has 0 radical (unpaired) electrons. The van der Waals surface area contributed by atoms with E-state index in [9.17, 15) is 4.79 Å². The van der Waals surface area contributed by atoms with Crippen LogP contribution in [0.2, 0.25) is 0 Å². The first-order chi connectivity index (χ1) is 6.59. The molecule has 0 saturated carbocycles. The molecule has 2 heterocycles. The van der Waals surface area contributed by atoms with Gasteiger partial charge in [-0.25, -0.2) is 9.78 Å². The molecular formula is C8H6BrN3O2. The number of aromatic nitrogens is 3. The predicted molar refractivity (Wildman–Crippen MR) is 53.3 cm³/mol. The van der Waals surface area contributed by atoms with E-state index in [2.05, 4.69) is 31.1 Å². The number of carbonyl (C=O) groups is 1. The number of aromatic carboxylic acids is 1. The average molecular weight is 256 g/mol. The summed E-state index contributed by atoms with van der Waals surface area (Å²) in [6, 6.07) is 1.55. The summed E-state index contributed by atoms with van der Waals surface area (Å²) in [6.07, 6.45) is 0. The molecule has 0 aromatic carbocycles. The summed E-state index contributed by atoms with van der Waals surface area (Å²) in [6.45, 7) is 1.82. The van der Waals surface area contributed by atoms with E-state index in [0.29, 0.717) is 10.3 Å². The van der Waals surface area contributed by atoms with Gasteiger partial charge in [0.25, 0.3) is 0 Å². The molecule has 72 valence electrons. The Bertz CT molecular complexity index is 521. The summed E-state index contributed by atoms with van der Waals surface area (Å²) in [7, 11) is 0. The van der Waals surface area contributed by atoms with Gasteiger partial charge < -0.3 is 5.11 Å². The minimum atomic E-state index is -1.01. The fourth-order valence-corrected chi connectivity index (χ4v) is 1.64. The van der Waals surface area contributed by atoms with Crippen LogP contribution < -0.4 is 0 Å². The van der Waals surface area contributed by atoms with Crippen molar-refractivity contribution in [2.45, 2.75) is 6.92 Å². The number of carboxylic acid groups (broad SMARTS) is 1. The standard InChI is InChI=1S/C8H6BrN3O2/c1-3-4-2-5(8(13)14)6(9)10-7(4)12-11-3/h2H,1H3,(H,13,14)(H,10,11,12). The van der Waals surface area contributed by atoms with Crippen molar-refractivity contribution >= 4 is 32.9 Å². The van der Waals surface area contributed by atoms with Crippen LogP contribution in [0.1, 0.15) is 16.1 Å². The SMILES string of the molecule is Cc1[nH]nc2nc(Br)c(C(=O)O)cc12. The highest BCUT2D eigenvalue weighted by atomic mass is 79.9. The number of halogens is 1. The Morgan fingerprint density at radius 1 is 1.64 bits per heavy atom. The van der Waals surface area contributed by atoms with Crippen molar-refractivity contribution in [3.05, 3.63) is 21.9 Å². The van der Waals surface area contributed by atoms with Crippen molar-refractivity contribution in [1.29, 1.82) is 0 Å². The average Bonchev–Trinajstić information content (AvgIpc) is 2.46. The smallest absolute Gasteiger partial charge is 0.338 e. The zero-order valence-electron chi connectivity index (χ0n) is 7.21. The molecule has 0 aliphatic rings. The monoisotopic (exact) mass is 255 g/mol. The largest absolute Gasteiger partial charge is 0.478 e. The van der Waals surface area contributed by atoms with Crippen molar-refractivity contribution in [1.82, 2.24) is 15.2 Å². The molecule has 2 aromatic heterocycles. The molecule has 0 unspecified atom stereocenters. The molecule has 6 heteroatoms. The number of nitrogens with one attached hydrogen (secondary N) is 1. The second-order valence-corrected chi connectivity index (χ2v) is 3.60. The number of H-pyrrole nitrogens is 1. The number of fused-ring (bicyclic) bond motifs is 1. The molecule has 14 heavy (non-hydrogen) atoms. The molecule has 0 aliphatic heterocycles. The molecule has 2 aromatic rings. The molecule has 2 rings (SSSR count). The number of aryl methyl sites for hydroxylation is 1. The molecule has 0 amide bonds. The predicted octanol–water partition coefficient (Wildman–Crippen LogP) is 1.73. The fraction of sp³-hybridized carbons (Fsp3) is 0.125. The zero-order chi connectivity index (χ0) is 10.3. The first-order valence-electron chi connectivity index (χ1n) is 3.84. The van der Waals surface area contributed by atoms with Crippen LogP contribution in [-0.4, -0.2) is 26.3 Å². The summed E-state index contributed by atoms with van der Waals surface area (Å²) < 4.78 is 0.295. The number of rotatable bonds is 1. The van der Waals surface area contributed by atoms with Crippen LogP contribution in [0.4, 0.5) is 0 Å². The van der Waals surface area contributed by atoms with E-state index in [1.807, 2.05) is 6.92 Å². The molecule has 0 bridgehead atoms. The molecule has 5 nitrogen and oxygen atoms in total. The highest BCUT2D eigenvalue weighted by Crippen LogP contribution is 2.21. The van der Waals surface area contributed by atoms with Crippen molar-refractivity contribution in [2.24, 2.45) is 0 Å². The number of carboxylic acids is 1. The summed E-state index contributed by atoms with van der Waals surface area (Å²) in [4.78, 5) is 14.8. The van der Waals surface area contributed by atoms with Gasteiger partial charge in [0.1, 0.15) is 4.60 Å². The molecule has 0 fully saturated rings. The van der Waals surface area contributed by atoms with E-state index in [4.69, 9.17) is 5.11 Å². The Balaban J connectivity index is 2.80. The third-order valence-electron chi connectivity index (χ3n) is 1.92. The lowest BCUT2D eigenvalue weighted by molar-refractivity contribution is 0.0695. The number of hydrogen-bond acceptors (Lipinski definition) is 3. The third-order valence-corrected chi connectivity index (χ3v) is 2.52. The van der Waals surface area contributed by atoms with Crippen LogP contribution in [0.15, 0.2) is 10.7 Å². The van der Waals surface area contributed by atoms with Gasteiger partial charge >= 0.3 is 5.97 Å². The van der Waals surface area contributed by atoms with E-state index in [-0.39, 0.29) is 5.56 Å². The summed E-state index contributed by atoms with van der Waals surface area (Å²) >= 11 is 3.08. The first kappa shape index (κ1) is 9.14. The number of nitrogens with zero attached hydrogens (tertiary/aromatic N) is 2. The molecule has 2 N–H and O–H groups in total. The number of aromatic amines is 1. The van der Waals surface area contributed by atoms with Crippen LogP contribution in [-0.2, 0) is 0 Å². The molecule has 0 atom stereocenters. The van der Waals surface area contributed by atoms with Gasteiger partial charge in [0.15, 0.2) is 5.65 Å². The third kappa shape index (κ3) is 1.27. The lowest BCUT2D eigenvalue weighted by Gasteiger charge is -1.97. The Morgan fingerprint density at radius 3 is 3.00 bits per heavy atom. The molecule has 0 spiro atoms. The fourth-order valence-electron chi connectivity index (χ4n) is 1.19. The Labute approximate surface area is 87.3 Å². The van der Waals surface area contributed by atoms with E-state index in [1.165, 1.54) is 0 Å². The van der Waals surface area contributed by atoms with E-state index < -0.39 is 5.97 Å². The van der Waals surface area contributed by atoms with Gasteiger partial charge in [-0.2, -0.15) is 5.10 Å². The van der Waals surface area contributed by atoms with E-state index in [1.54, 1.807) is 6.07 Å². The summed E-state index contributed by atoms with van der Waals surface area (Å²) in [5, 5.41) is 16.2. The highest BCUT2D eigenvalue weighted by molar-refractivity contribution is 9.10. The highest BCUT2D eigenvalue weighted by Gasteiger charge is 2.13. The Morgan fingerprint density at radius 2 is 2.36 bits per heavy atom. The minimum Gasteiger partial charge on any atom is -0.478 e. The van der Waals surface area contributed by atoms with Crippen LogP contribution in [0.3, 0.4) is 0 Å². The van der Waals surface area contributed by atoms with Crippen molar-refractivity contribution in [3.63, 3.8) is 0 Å². The van der Waals surface area contributed by atoms with Gasteiger partial charge in [-0.3, -0.25) is 5.10 Å². The van der Waals surface area contributed by atoms with Gasteiger partial charge in [-0.05, 0) is 28.9 Å². The second kappa shape index (κ2) is 3.06. The normalized spacial score (nSPS) is 10.7. The maximum Gasteiger partial charge on any atom is 0.338 e. The summed E-state index contributed by atoms with van der Waals surface area (Å²) in [5.74, 6) is -1.01. The van der Waals surface area contributed by atoms with E-state index in [0.717, 1.165) is 11.1 Å². The summed E-state index contributed by atoms with van der Waals surface area (Å²) in [5.41, 5.74) is 1.46. The first-order valence-corrected chi connectivity index (χ1v) is 4.63. The van der Waals surface area contributed by atoms with Crippen molar-refractivity contribution in [2.75, 3.05) is 0 Å². The van der Waals surface area contributed by atoms with Gasteiger partial charge in [0.2, 0.25) is 0 Å². The van der Waals surface area contributed by atoms with E-state index >= 15 is 0 Å². The van der Waals surface area contributed by atoms with Gasteiger partial charge in [-0.1, -0.05) is 0 Å². The number of hydrogen-bond donors (Lipinski definition) is 2. The minimum absolute atomic E-state index is 0.141. The van der Waals surface area contributed by atoms with Crippen LogP contribution in [0.5, 0.6) is 0 Å². The second-order valence-electron chi connectivity index (χ2n) is 2.85. The topological polar surface area (TPSA) is 78.9 Å². The molecule has 0 saturated heterocycles. The van der Waals surface area contributed by atoms with Crippen molar-refractivity contribution < 1.29 is 9.90 Å². The zero-order valence-corrected chi connectivity index (χ0v) is 8.79. The molecule has 0 aliphatic carbocycles. The van der Waals surface area contributed by atoms with Gasteiger partial charge in [0, 0.05) is 11.1 Å². The lowest BCUT2D eigenvalue weighted by Crippen LogP contribution is -1.99. The number of pyridine rings is 1. The van der Waals surface area contributed by atoms with Crippen LogP contribution >= 0.6 is 15.9 Å². The van der Waals surface area contributed by atoms with Crippen molar-refractivity contribution in [3.8, 4) is 0 Å². The van der Waals surface area contributed by atoms with Crippen LogP contribution in [0.25, 0.3) is 11.0 Å². The maximum atomic E-state index is 10.8. The lowest BCUT2D eigenvalue weighted by atomic mass is 10.2. The molecular weight excluding hydrogens is 250 g/mol. The maximum absolute atomic E-state index is 10.8. The quantitative estimate of drug-likeness (QED) is 0.761. The Hall–Kier alpha value is -1.43. The Kier molecular flexibility index (Phi) is 1.99. The van der Waals surface area contributed by atoms with Gasteiger partial charge in [0.05, 0.1) is 5.56 Å². The van der Waals surface area contributed by atoms with Crippen LogP contribution in [0, 0.1) is 6.92 Å².